The van der Waals surface area contributed by atoms with Crippen LogP contribution >= 0.6 is 0 Å². The van der Waals surface area contributed by atoms with Crippen LogP contribution in [0.1, 0.15) is 24.3 Å². The Bertz CT molecular complexity index is 283. The monoisotopic (exact) mass is 203 g/mol. The zero-order valence-electron chi connectivity index (χ0n) is 9.06. The lowest BCUT2D eigenvalue weighted by Crippen LogP contribution is -2.26. The zero-order chi connectivity index (χ0) is 10.5. The van der Waals surface area contributed by atoms with E-state index >= 15 is 0 Å². The van der Waals surface area contributed by atoms with Gasteiger partial charge in [0.05, 0.1) is 6.73 Å². The summed E-state index contributed by atoms with van der Waals surface area (Å²) in [6.07, 6.45) is 4.76. The average molecular weight is 203 g/mol. The molecule has 2 nitrogen and oxygen atoms in total. The first-order chi connectivity index (χ1) is 7.40. The van der Waals surface area contributed by atoms with Crippen molar-refractivity contribution in [3.05, 3.63) is 35.9 Å². The topological polar surface area (TPSA) is 35.2 Å². The Kier molecular flexibility index (Phi) is 3.81. The van der Waals surface area contributed by atoms with E-state index in [0.29, 0.717) is 13.6 Å². The van der Waals surface area contributed by atoms with Gasteiger partial charge in [-0.3, -0.25) is 0 Å². The summed E-state index contributed by atoms with van der Waals surface area (Å²) >= 11 is 0. The molecule has 0 bridgehead atoms. The van der Waals surface area contributed by atoms with E-state index in [1.807, 2.05) is 0 Å². The minimum Gasteiger partial charge on any atom is -0.424 e. The SMILES string of the molecule is NCOB1CCC(c2ccccc2)CC1. The van der Waals surface area contributed by atoms with Crippen molar-refractivity contribution in [2.75, 3.05) is 6.73 Å². The van der Waals surface area contributed by atoms with Crippen molar-refractivity contribution < 1.29 is 4.65 Å². The van der Waals surface area contributed by atoms with E-state index in [0.717, 1.165) is 18.6 Å². The molecule has 0 saturated carbocycles. The summed E-state index contributed by atoms with van der Waals surface area (Å²) in [4.78, 5) is 0. The zero-order valence-corrected chi connectivity index (χ0v) is 9.06. The minimum absolute atomic E-state index is 0.362. The molecule has 1 fully saturated rings. The van der Waals surface area contributed by atoms with Crippen molar-refractivity contribution in [3.8, 4) is 0 Å². The molecule has 1 aromatic carbocycles. The Morgan fingerprint density at radius 1 is 1.20 bits per heavy atom. The maximum Gasteiger partial charge on any atom is 0.294 e. The van der Waals surface area contributed by atoms with E-state index in [-0.39, 0.29) is 0 Å². The molecule has 2 N–H and O–H groups in total. The maximum absolute atomic E-state index is 5.44. The van der Waals surface area contributed by atoms with Gasteiger partial charge in [0.25, 0.3) is 6.92 Å². The van der Waals surface area contributed by atoms with Crippen LogP contribution in [0.5, 0.6) is 0 Å². The third-order valence-corrected chi connectivity index (χ3v) is 3.28. The molecule has 1 heterocycles. The highest BCUT2D eigenvalue weighted by Gasteiger charge is 2.25. The van der Waals surface area contributed by atoms with Gasteiger partial charge in [0.15, 0.2) is 0 Å². The van der Waals surface area contributed by atoms with Crippen LogP contribution in [0, 0.1) is 0 Å². The smallest absolute Gasteiger partial charge is 0.294 e. The van der Waals surface area contributed by atoms with E-state index in [2.05, 4.69) is 30.3 Å². The quantitative estimate of drug-likeness (QED) is 0.605. The van der Waals surface area contributed by atoms with E-state index in [1.54, 1.807) is 0 Å². The number of rotatable bonds is 3. The predicted molar refractivity (Wildman–Crippen MR) is 63.9 cm³/mol. The molecule has 1 saturated heterocycles. The van der Waals surface area contributed by atoms with E-state index in [4.69, 9.17) is 10.4 Å². The fraction of sp³-hybridized carbons (Fsp3) is 0.500. The van der Waals surface area contributed by atoms with Crippen LogP contribution < -0.4 is 5.73 Å². The highest BCUT2D eigenvalue weighted by Crippen LogP contribution is 2.33. The van der Waals surface area contributed by atoms with Gasteiger partial charge in [0.1, 0.15) is 0 Å². The van der Waals surface area contributed by atoms with Crippen LogP contribution in [-0.4, -0.2) is 13.6 Å². The molecule has 2 rings (SSSR count). The highest BCUT2D eigenvalue weighted by molar-refractivity contribution is 6.52. The van der Waals surface area contributed by atoms with Crippen molar-refractivity contribution >= 4 is 6.92 Å². The normalized spacial score (nSPS) is 18.1. The van der Waals surface area contributed by atoms with Crippen LogP contribution in [0.25, 0.3) is 0 Å². The molecular formula is C12H18BNO. The van der Waals surface area contributed by atoms with Crippen molar-refractivity contribution in [1.82, 2.24) is 0 Å². The Balaban J connectivity index is 1.88. The second-order valence-corrected chi connectivity index (χ2v) is 4.22. The molecule has 0 atom stereocenters. The molecule has 80 valence electrons. The molecule has 0 spiro atoms. The average Bonchev–Trinajstić information content (AvgIpc) is 2.32. The standard InChI is InChI=1S/C12H18BNO/c14-10-15-13-8-6-12(7-9-13)11-4-2-1-3-5-11/h1-5,12H,6-10,14H2. The summed E-state index contributed by atoms with van der Waals surface area (Å²) < 4.78 is 5.44. The van der Waals surface area contributed by atoms with Gasteiger partial charge in [-0.05, 0) is 24.1 Å². The molecule has 0 aromatic heterocycles. The van der Waals surface area contributed by atoms with Gasteiger partial charge < -0.3 is 10.4 Å². The van der Waals surface area contributed by atoms with Crippen LogP contribution in [-0.2, 0) is 4.65 Å². The third-order valence-electron chi connectivity index (χ3n) is 3.28. The van der Waals surface area contributed by atoms with E-state index in [9.17, 15) is 0 Å². The van der Waals surface area contributed by atoms with Gasteiger partial charge in [0, 0.05) is 0 Å². The van der Waals surface area contributed by atoms with Crippen LogP contribution in [0.2, 0.25) is 12.6 Å². The maximum atomic E-state index is 5.44. The van der Waals surface area contributed by atoms with Crippen LogP contribution in [0.15, 0.2) is 30.3 Å². The first-order valence-electron chi connectivity index (χ1n) is 5.76. The van der Waals surface area contributed by atoms with Gasteiger partial charge in [-0.15, -0.1) is 0 Å². The number of hydrogen-bond acceptors (Lipinski definition) is 2. The lowest BCUT2D eigenvalue weighted by Gasteiger charge is -2.26. The number of benzene rings is 1. The first kappa shape index (κ1) is 10.7. The summed E-state index contributed by atoms with van der Waals surface area (Å²) in [6, 6.07) is 10.8. The fourth-order valence-corrected chi connectivity index (χ4v) is 2.42. The second kappa shape index (κ2) is 5.33. The van der Waals surface area contributed by atoms with Crippen molar-refractivity contribution in [1.29, 1.82) is 0 Å². The molecule has 0 radical (unpaired) electrons. The molecule has 15 heavy (non-hydrogen) atoms. The van der Waals surface area contributed by atoms with Gasteiger partial charge in [-0.2, -0.15) is 0 Å². The summed E-state index contributed by atoms with van der Waals surface area (Å²) in [6.45, 7) is 0.760. The minimum atomic E-state index is 0.362. The fourth-order valence-electron chi connectivity index (χ4n) is 2.42. The van der Waals surface area contributed by atoms with Crippen LogP contribution in [0.4, 0.5) is 0 Å². The Labute approximate surface area is 91.9 Å². The molecule has 1 aliphatic heterocycles. The summed E-state index contributed by atoms with van der Waals surface area (Å²) in [7, 11) is 0. The lowest BCUT2D eigenvalue weighted by atomic mass is 9.53. The molecule has 1 aromatic rings. The lowest BCUT2D eigenvalue weighted by molar-refractivity contribution is 0.320. The Hall–Kier alpha value is -0.795. The summed E-state index contributed by atoms with van der Waals surface area (Å²) in [5, 5.41) is 0. The molecular weight excluding hydrogens is 185 g/mol. The van der Waals surface area contributed by atoms with Crippen LogP contribution in [0.3, 0.4) is 0 Å². The predicted octanol–water partition coefficient (Wildman–Crippen LogP) is 2.49. The largest absolute Gasteiger partial charge is 0.424 e. The number of nitrogens with two attached hydrogens (primary N) is 1. The van der Waals surface area contributed by atoms with Crippen molar-refractivity contribution in [3.63, 3.8) is 0 Å². The third kappa shape index (κ3) is 2.83. The van der Waals surface area contributed by atoms with E-state index < -0.39 is 0 Å². The van der Waals surface area contributed by atoms with Gasteiger partial charge >= 0.3 is 0 Å². The molecule has 3 heteroatoms. The molecule has 0 aliphatic carbocycles. The second-order valence-electron chi connectivity index (χ2n) is 4.22. The summed E-state index contributed by atoms with van der Waals surface area (Å²) in [5.74, 6) is 0.726. The Morgan fingerprint density at radius 2 is 1.87 bits per heavy atom. The highest BCUT2D eigenvalue weighted by atomic mass is 16.4. The van der Waals surface area contributed by atoms with Gasteiger partial charge in [-0.1, -0.05) is 43.2 Å². The van der Waals surface area contributed by atoms with E-state index in [1.165, 1.54) is 18.4 Å². The van der Waals surface area contributed by atoms with Gasteiger partial charge in [0.2, 0.25) is 0 Å². The summed E-state index contributed by atoms with van der Waals surface area (Å²) in [5.41, 5.74) is 6.86. The molecule has 1 aliphatic rings. The number of hydrogen-bond donors (Lipinski definition) is 1. The van der Waals surface area contributed by atoms with Crippen molar-refractivity contribution in [2.45, 2.75) is 31.4 Å². The first-order valence-corrected chi connectivity index (χ1v) is 5.76. The van der Waals surface area contributed by atoms with Crippen molar-refractivity contribution in [2.24, 2.45) is 5.73 Å². The van der Waals surface area contributed by atoms with Gasteiger partial charge in [-0.25, -0.2) is 0 Å². The Morgan fingerprint density at radius 3 is 2.47 bits per heavy atom. The molecule has 0 amide bonds. The molecule has 0 unspecified atom stereocenters.